The highest BCUT2D eigenvalue weighted by Crippen LogP contribution is 2.29. The monoisotopic (exact) mass is 280 g/mol. The first kappa shape index (κ1) is 16.6. The zero-order valence-corrected chi connectivity index (χ0v) is 12.4. The maximum absolute atomic E-state index is 12.2. The number of carbonyl (C=O) groups is 3. The second-order valence-electron chi connectivity index (χ2n) is 5.32. The highest BCUT2D eigenvalue weighted by molar-refractivity contribution is 5.92. The van der Waals surface area contributed by atoms with Crippen LogP contribution in [0.4, 0.5) is 0 Å². The van der Waals surface area contributed by atoms with Gasteiger partial charge in [0.25, 0.3) is 0 Å². The molecule has 5 heteroatoms. The molecule has 1 aliphatic rings. The van der Waals surface area contributed by atoms with Gasteiger partial charge in [-0.1, -0.05) is 20.4 Å². The van der Waals surface area contributed by atoms with Gasteiger partial charge in [0.2, 0.25) is 5.91 Å². The predicted molar refractivity (Wildman–Crippen MR) is 76.8 cm³/mol. The molecule has 2 unspecified atom stereocenters. The smallest absolute Gasteiger partial charge is 0.228 e. The van der Waals surface area contributed by atoms with Crippen LogP contribution in [0.1, 0.15) is 46.0 Å². The molecule has 1 heterocycles. The molecule has 0 radical (unpaired) electrons. The largest absolute Gasteiger partial charge is 0.328 e. The fourth-order valence-corrected chi connectivity index (χ4v) is 2.43. The van der Waals surface area contributed by atoms with Crippen molar-refractivity contribution in [2.45, 2.75) is 52.0 Å². The Morgan fingerprint density at radius 3 is 2.55 bits per heavy atom. The van der Waals surface area contributed by atoms with Gasteiger partial charge in [-0.2, -0.15) is 0 Å². The molecule has 1 saturated heterocycles. The minimum absolute atomic E-state index is 0.0611. The Morgan fingerprint density at radius 2 is 2.10 bits per heavy atom. The van der Waals surface area contributed by atoms with Crippen molar-refractivity contribution in [3.8, 4) is 0 Å². The molecule has 0 bridgehead atoms. The van der Waals surface area contributed by atoms with Crippen LogP contribution in [0, 0.1) is 5.92 Å². The first-order valence-electron chi connectivity index (χ1n) is 7.17. The van der Waals surface area contributed by atoms with E-state index in [1.807, 2.05) is 6.92 Å². The molecule has 0 aromatic rings. The third kappa shape index (κ3) is 3.76. The maximum atomic E-state index is 12.2. The van der Waals surface area contributed by atoms with Gasteiger partial charge >= 0.3 is 0 Å². The van der Waals surface area contributed by atoms with Crippen LogP contribution in [-0.4, -0.2) is 35.0 Å². The summed E-state index contributed by atoms with van der Waals surface area (Å²) in [6.07, 6.45) is 2.08. The summed E-state index contributed by atoms with van der Waals surface area (Å²) in [5.74, 6) is 0.0411. The average Bonchev–Trinajstić information content (AvgIpc) is 2.66. The minimum Gasteiger partial charge on any atom is -0.328 e. The molecule has 112 valence electrons. The Bertz CT molecular complexity index is 417. The number of ketones is 2. The van der Waals surface area contributed by atoms with Gasteiger partial charge in [0, 0.05) is 43.8 Å². The Hall–Kier alpha value is -1.49. The molecule has 1 fully saturated rings. The van der Waals surface area contributed by atoms with Gasteiger partial charge in [0.05, 0.1) is 0 Å². The lowest BCUT2D eigenvalue weighted by Crippen LogP contribution is -2.46. The van der Waals surface area contributed by atoms with Crippen molar-refractivity contribution < 1.29 is 14.4 Å². The SMILES string of the molecule is C=C1C(C)CC(=O)N1C(CN)C(=O)CCCC(=O)CC. The van der Waals surface area contributed by atoms with Gasteiger partial charge in [0.15, 0.2) is 5.78 Å². The second kappa shape index (κ2) is 7.33. The van der Waals surface area contributed by atoms with E-state index in [0.29, 0.717) is 31.4 Å². The van der Waals surface area contributed by atoms with Crippen molar-refractivity contribution in [1.29, 1.82) is 0 Å². The normalized spacial score (nSPS) is 20.4. The van der Waals surface area contributed by atoms with E-state index in [-0.39, 0.29) is 36.4 Å². The molecule has 5 nitrogen and oxygen atoms in total. The molecule has 2 atom stereocenters. The van der Waals surface area contributed by atoms with Crippen LogP contribution in [0.5, 0.6) is 0 Å². The number of nitrogens with zero attached hydrogens (tertiary/aromatic N) is 1. The highest BCUT2D eigenvalue weighted by atomic mass is 16.2. The third-order valence-electron chi connectivity index (χ3n) is 3.81. The van der Waals surface area contributed by atoms with Gasteiger partial charge in [0.1, 0.15) is 11.8 Å². The predicted octanol–water partition coefficient (Wildman–Crippen LogP) is 1.41. The van der Waals surface area contributed by atoms with Gasteiger partial charge in [-0.3, -0.25) is 14.4 Å². The zero-order chi connectivity index (χ0) is 15.3. The number of allylic oxidation sites excluding steroid dienone is 1. The van der Waals surface area contributed by atoms with E-state index in [1.54, 1.807) is 6.92 Å². The van der Waals surface area contributed by atoms with E-state index in [9.17, 15) is 14.4 Å². The summed E-state index contributed by atoms with van der Waals surface area (Å²) in [5, 5.41) is 0. The van der Waals surface area contributed by atoms with E-state index in [2.05, 4.69) is 6.58 Å². The first-order valence-corrected chi connectivity index (χ1v) is 7.17. The van der Waals surface area contributed by atoms with Crippen LogP contribution in [0.25, 0.3) is 0 Å². The molecular weight excluding hydrogens is 256 g/mol. The Balaban J connectivity index is 2.61. The maximum Gasteiger partial charge on any atom is 0.228 e. The molecule has 0 aromatic heterocycles. The lowest BCUT2D eigenvalue weighted by Gasteiger charge is -2.27. The van der Waals surface area contributed by atoms with Crippen molar-refractivity contribution in [1.82, 2.24) is 4.90 Å². The summed E-state index contributed by atoms with van der Waals surface area (Å²) in [4.78, 5) is 36.8. The van der Waals surface area contributed by atoms with Crippen LogP contribution in [0.3, 0.4) is 0 Å². The van der Waals surface area contributed by atoms with Crippen molar-refractivity contribution in [3.05, 3.63) is 12.3 Å². The van der Waals surface area contributed by atoms with Crippen LogP contribution in [-0.2, 0) is 14.4 Å². The molecule has 1 rings (SSSR count). The molecule has 2 N–H and O–H groups in total. The van der Waals surface area contributed by atoms with Gasteiger partial charge in [-0.15, -0.1) is 0 Å². The molecule has 1 amide bonds. The fourth-order valence-electron chi connectivity index (χ4n) is 2.43. The zero-order valence-electron chi connectivity index (χ0n) is 12.4. The van der Waals surface area contributed by atoms with E-state index >= 15 is 0 Å². The van der Waals surface area contributed by atoms with Crippen LogP contribution >= 0.6 is 0 Å². The molecule has 0 aliphatic carbocycles. The Morgan fingerprint density at radius 1 is 1.45 bits per heavy atom. The van der Waals surface area contributed by atoms with Gasteiger partial charge < -0.3 is 10.6 Å². The van der Waals surface area contributed by atoms with Gasteiger partial charge in [-0.25, -0.2) is 0 Å². The van der Waals surface area contributed by atoms with Crippen molar-refractivity contribution in [3.63, 3.8) is 0 Å². The number of Topliss-reactive ketones (excluding diaryl/α,β-unsaturated/α-hetero) is 2. The number of carbonyl (C=O) groups excluding carboxylic acids is 3. The first-order chi connectivity index (χ1) is 9.42. The molecule has 20 heavy (non-hydrogen) atoms. The molecular formula is C15H24N2O3. The summed E-state index contributed by atoms with van der Waals surface area (Å²) >= 11 is 0. The van der Waals surface area contributed by atoms with Crippen molar-refractivity contribution >= 4 is 17.5 Å². The number of rotatable bonds is 8. The number of hydrogen-bond donors (Lipinski definition) is 1. The molecule has 0 aromatic carbocycles. The lowest BCUT2D eigenvalue weighted by atomic mass is 10.0. The van der Waals surface area contributed by atoms with Crippen LogP contribution in [0.2, 0.25) is 0 Å². The average molecular weight is 280 g/mol. The number of amides is 1. The third-order valence-corrected chi connectivity index (χ3v) is 3.81. The Kier molecular flexibility index (Phi) is 6.07. The second-order valence-corrected chi connectivity index (χ2v) is 5.32. The van der Waals surface area contributed by atoms with Crippen LogP contribution in [0.15, 0.2) is 12.3 Å². The fraction of sp³-hybridized carbons (Fsp3) is 0.667. The Labute approximate surface area is 120 Å². The lowest BCUT2D eigenvalue weighted by molar-refractivity contribution is -0.135. The number of hydrogen-bond acceptors (Lipinski definition) is 4. The minimum atomic E-state index is -0.628. The van der Waals surface area contributed by atoms with E-state index in [0.717, 1.165) is 0 Å². The summed E-state index contributed by atoms with van der Waals surface area (Å²) in [7, 11) is 0. The van der Waals surface area contributed by atoms with E-state index in [1.165, 1.54) is 4.90 Å². The summed E-state index contributed by atoms with van der Waals surface area (Å²) < 4.78 is 0. The van der Waals surface area contributed by atoms with Crippen molar-refractivity contribution in [2.75, 3.05) is 6.54 Å². The quantitative estimate of drug-likeness (QED) is 0.729. The van der Waals surface area contributed by atoms with E-state index in [4.69, 9.17) is 5.73 Å². The highest BCUT2D eigenvalue weighted by Gasteiger charge is 2.37. The van der Waals surface area contributed by atoms with Gasteiger partial charge in [-0.05, 0) is 6.42 Å². The van der Waals surface area contributed by atoms with Crippen LogP contribution < -0.4 is 5.73 Å². The standard InChI is InChI=1S/C15H24N2O3/c1-4-12(18)6-5-7-14(19)13(9-16)17-11(3)10(2)8-15(17)20/h10,13H,3-9,16H2,1-2H3. The summed E-state index contributed by atoms with van der Waals surface area (Å²) in [6.45, 7) is 7.70. The molecule has 0 spiro atoms. The summed E-state index contributed by atoms with van der Waals surface area (Å²) in [5.41, 5.74) is 6.33. The number of nitrogens with two attached hydrogens (primary N) is 1. The molecule has 0 saturated carbocycles. The summed E-state index contributed by atoms with van der Waals surface area (Å²) in [6, 6.07) is -0.628. The molecule has 1 aliphatic heterocycles. The van der Waals surface area contributed by atoms with E-state index < -0.39 is 6.04 Å². The number of likely N-dealkylation sites (tertiary alicyclic amines) is 1. The topological polar surface area (TPSA) is 80.5 Å². The van der Waals surface area contributed by atoms with Crippen molar-refractivity contribution in [2.24, 2.45) is 11.7 Å².